The number of alkyl halides is 1. The first-order chi connectivity index (χ1) is 8.49. The molecule has 18 heavy (non-hydrogen) atoms. The smallest absolute Gasteiger partial charge is 0.0647 e. The lowest BCUT2D eigenvalue weighted by Gasteiger charge is -2.15. The fourth-order valence-corrected chi connectivity index (χ4v) is 3.03. The molecule has 0 radical (unpaired) electrons. The molecule has 0 bridgehead atoms. The summed E-state index contributed by atoms with van der Waals surface area (Å²) in [5, 5.41) is 1.56. The molecule has 2 rings (SSSR count). The maximum atomic E-state index is 6.12. The fourth-order valence-electron chi connectivity index (χ4n) is 1.89. The number of hydrogen-bond donors (Lipinski definition) is 0. The molecule has 0 saturated heterocycles. The Morgan fingerprint density at radius 1 is 0.944 bits per heavy atom. The molecule has 0 heterocycles. The molecule has 0 aliphatic heterocycles. The van der Waals surface area contributed by atoms with E-state index in [9.17, 15) is 0 Å². The van der Waals surface area contributed by atoms with Gasteiger partial charge in [-0.2, -0.15) is 0 Å². The van der Waals surface area contributed by atoms with Crippen molar-refractivity contribution in [2.45, 2.75) is 18.7 Å². The lowest BCUT2D eigenvalue weighted by atomic mass is 9.98. The summed E-state index contributed by atoms with van der Waals surface area (Å²) < 4.78 is 0. The summed E-state index contributed by atoms with van der Waals surface area (Å²) in [6.07, 6.45) is 0. The fraction of sp³-hybridized carbons (Fsp3) is 0.200. The summed E-state index contributed by atoms with van der Waals surface area (Å²) >= 11 is 15.8. The van der Waals surface area contributed by atoms with Gasteiger partial charge < -0.3 is 0 Å². The van der Waals surface area contributed by atoms with E-state index in [1.807, 2.05) is 37.3 Å². The van der Waals surface area contributed by atoms with Crippen LogP contribution in [0, 0.1) is 13.8 Å². The molecule has 0 spiro atoms. The first-order valence-corrected chi connectivity index (χ1v) is 7.32. The molecule has 0 N–H and O–H groups in total. The summed E-state index contributed by atoms with van der Waals surface area (Å²) in [4.78, 5) is 0.158. The summed E-state index contributed by atoms with van der Waals surface area (Å²) in [6, 6.07) is 12.0. The molecule has 1 atom stereocenters. The molecule has 2 aromatic rings. The highest BCUT2D eigenvalue weighted by atomic mass is 79.9. The Bertz CT molecular complexity index is 561. The van der Waals surface area contributed by atoms with Gasteiger partial charge in [-0.05, 0) is 54.3 Å². The first-order valence-electron chi connectivity index (χ1n) is 5.65. The molecule has 0 fully saturated rings. The van der Waals surface area contributed by atoms with E-state index >= 15 is 0 Å². The Labute approximate surface area is 126 Å². The van der Waals surface area contributed by atoms with Crippen LogP contribution in [0.4, 0.5) is 0 Å². The average Bonchev–Trinajstić information content (AvgIpc) is 2.34. The van der Waals surface area contributed by atoms with E-state index in [4.69, 9.17) is 23.2 Å². The molecule has 1 unspecified atom stereocenters. The number of hydrogen-bond acceptors (Lipinski definition) is 0. The number of halogens is 3. The highest BCUT2D eigenvalue weighted by Gasteiger charge is 2.14. The van der Waals surface area contributed by atoms with Crippen LogP contribution in [-0.2, 0) is 0 Å². The third-order valence-corrected chi connectivity index (χ3v) is 4.66. The maximum absolute atomic E-state index is 6.12. The van der Waals surface area contributed by atoms with E-state index in [0.717, 1.165) is 15.6 Å². The van der Waals surface area contributed by atoms with Gasteiger partial charge in [-0.3, -0.25) is 0 Å². The van der Waals surface area contributed by atoms with Crippen molar-refractivity contribution in [3.8, 4) is 0 Å². The van der Waals surface area contributed by atoms with Gasteiger partial charge >= 0.3 is 0 Å². The van der Waals surface area contributed by atoms with Crippen molar-refractivity contribution in [3.63, 3.8) is 0 Å². The summed E-state index contributed by atoms with van der Waals surface area (Å²) in [5.74, 6) is 0. The molecule has 94 valence electrons. The minimum Gasteiger partial charge on any atom is -0.0843 e. The van der Waals surface area contributed by atoms with Crippen molar-refractivity contribution in [1.82, 2.24) is 0 Å². The van der Waals surface area contributed by atoms with Gasteiger partial charge in [0.25, 0.3) is 0 Å². The normalized spacial score (nSPS) is 12.5. The van der Waals surface area contributed by atoms with Crippen molar-refractivity contribution in [1.29, 1.82) is 0 Å². The van der Waals surface area contributed by atoms with Crippen LogP contribution in [0.3, 0.4) is 0 Å². The van der Waals surface area contributed by atoms with Crippen LogP contribution in [-0.4, -0.2) is 0 Å². The molecule has 0 aliphatic carbocycles. The van der Waals surface area contributed by atoms with E-state index < -0.39 is 0 Å². The Hall–Kier alpha value is -0.500. The summed E-state index contributed by atoms with van der Waals surface area (Å²) in [7, 11) is 0. The van der Waals surface area contributed by atoms with Gasteiger partial charge in [0.1, 0.15) is 0 Å². The Kier molecular flexibility index (Phi) is 4.37. The quantitative estimate of drug-likeness (QED) is 0.578. The lowest BCUT2D eigenvalue weighted by Crippen LogP contribution is -1.97. The minimum absolute atomic E-state index is 0.158. The van der Waals surface area contributed by atoms with Gasteiger partial charge in [-0.15, -0.1) is 0 Å². The molecule has 2 aromatic carbocycles. The van der Waals surface area contributed by atoms with E-state index in [2.05, 4.69) is 28.9 Å². The third kappa shape index (κ3) is 2.90. The summed E-state index contributed by atoms with van der Waals surface area (Å²) in [6.45, 7) is 4.09. The Morgan fingerprint density at radius 2 is 1.56 bits per heavy atom. The van der Waals surface area contributed by atoms with Gasteiger partial charge in [0.05, 0.1) is 4.83 Å². The van der Waals surface area contributed by atoms with Gasteiger partial charge in [-0.25, -0.2) is 0 Å². The zero-order valence-corrected chi connectivity index (χ0v) is 13.3. The van der Waals surface area contributed by atoms with Crippen LogP contribution in [0.15, 0.2) is 36.4 Å². The lowest BCUT2D eigenvalue weighted by molar-refractivity contribution is 1.13. The van der Waals surface area contributed by atoms with Gasteiger partial charge in [0.2, 0.25) is 0 Å². The molecular weight excluding hydrogens is 331 g/mol. The van der Waals surface area contributed by atoms with Crippen molar-refractivity contribution in [3.05, 3.63) is 68.7 Å². The third-order valence-electron chi connectivity index (χ3n) is 2.98. The van der Waals surface area contributed by atoms with E-state index in [-0.39, 0.29) is 4.83 Å². The minimum atomic E-state index is 0.158. The second-order valence-corrected chi connectivity index (χ2v) is 6.13. The second-order valence-electron chi connectivity index (χ2n) is 4.37. The van der Waals surface area contributed by atoms with Crippen LogP contribution in [0.2, 0.25) is 10.0 Å². The molecule has 0 aromatic heterocycles. The molecule has 0 amide bonds. The van der Waals surface area contributed by atoms with E-state index in [1.165, 1.54) is 16.7 Å². The van der Waals surface area contributed by atoms with Crippen LogP contribution < -0.4 is 0 Å². The average molecular weight is 344 g/mol. The molecular formula is C15H13BrCl2. The zero-order chi connectivity index (χ0) is 13.3. The monoisotopic (exact) mass is 342 g/mol. The summed E-state index contributed by atoms with van der Waals surface area (Å²) in [5.41, 5.74) is 4.70. The molecule has 0 aliphatic rings. The van der Waals surface area contributed by atoms with E-state index in [1.54, 1.807) is 0 Å². The first kappa shape index (κ1) is 13.9. The van der Waals surface area contributed by atoms with Crippen molar-refractivity contribution in [2.24, 2.45) is 0 Å². The molecule has 0 saturated carbocycles. The van der Waals surface area contributed by atoms with Crippen LogP contribution >= 0.6 is 39.1 Å². The van der Waals surface area contributed by atoms with Crippen molar-refractivity contribution < 1.29 is 0 Å². The SMILES string of the molecule is Cc1cc(C(Br)c2ccc(Cl)cc2)c(C)cc1Cl. The van der Waals surface area contributed by atoms with E-state index in [0.29, 0.717) is 0 Å². The number of benzene rings is 2. The van der Waals surface area contributed by atoms with Crippen LogP contribution in [0.25, 0.3) is 0 Å². The van der Waals surface area contributed by atoms with Gasteiger partial charge in [0.15, 0.2) is 0 Å². The number of rotatable bonds is 2. The topological polar surface area (TPSA) is 0 Å². The largest absolute Gasteiger partial charge is 0.0843 e. The molecule has 0 nitrogen and oxygen atoms in total. The Balaban J connectivity index is 2.42. The highest BCUT2D eigenvalue weighted by molar-refractivity contribution is 9.09. The van der Waals surface area contributed by atoms with Crippen molar-refractivity contribution in [2.75, 3.05) is 0 Å². The van der Waals surface area contributed by atoms with Gasteiger partial charge in [0, 0.05) is 10.0 Å². The predicted octanol–water partition coefficient (Wildman–Crippen LogP) is 6.09. The highest BCUT2D eigenvalue weighted by Crippen LogP contribution is 2.35. The standard InChI is InChI=1S/C15H13BrCl2/c1-9-8-14(18)10(2)7-13(9)15(16)11-3-5-12(17)6-4-11/h3-8,15H,1-2H3. The zero-order valence-electron chi connectivity index (χ0n) is 10.2. The van der Waals surface area contributed by atoms with Gasteiger partial charge in [-0.1, -0.05) is 57.3 Å². The van der Waals surface area contributed by atoms with Crippen molar-refractivity contribution >= 4 is 39.1 Å². The second kappa shape index (κ2) is 5.64. The maximum Gasteiger partial charge on any atom is 0.0647 e. The predicted molar refractivity (Wildman–Crippen MR) is 83.1 cm³/mol. The van der Waals surface area contributed by atoms with Crippen LogP contribution in [0.1, 0.15) is 27.1 Å². The Morgan fingerprint density at radius 3 is 2.17 bits per heavy atom. The van der Waals surface area contributed by atoms with Crippen LogP contribution in [0.5, 0.6) is 0 Å². The number of aryl methyl sites for hydroxylation is 2. The molecule has 3 heteroatoms.